The predicted octanol–water partition coefficient (Wildman–Crippen LogP) is 5.23. The van der Waals surface area contributed by atoms with Gasteiger partial charge in [0.15, 0.2) is 0 Å². The standard InChI is InChI=1S/C23H14Cl2N2O6/c24-14-5-7-15(8-6-14)26-20(12-4-9-18(28)17(25)11-12)19(22(30)23(26)31)21(29)13-2-1-3-16(10-13)27(32)33/h1-11,20,28-29H/b21-19-. The summed E-state index contributed by atoms with van der Waals surface area (Å²) in [5.74, 6) is -2.69. The van der Waals surface area contributed by atoms with Gasteiger partial charge in [0.25, 0.3) is 17.4 Å². The average molecular weight is 485 g/mol. The highest BCUT2D eigenvalue weighted by Crippen LogP contribution is 2.43. The molecular weight excluding hydrogens is 471 g/mol. The Bertz CT molecular complexity index is 1340. The molecule has 10 heteroatoms. The van der Waals surface area contributed by atoms with Crippen LogP contribution in [0.4, 0.5) is 11.4 Å². The molecule has 3 aromatic carbocycles. The predicted molar refractivity (Wildman–Crippen MR) is 122 cm³/mol. The minimum Gasteiger partial charge on any atom is -0.507 e. The Morgan fingerprint density at radius 2 is 1.70 bits per heavy atom. The van der Waals surface area contributed by atoms with Crippen LogP contribution in [0.1, 0.15) is 17.2 Å². The molecular formula is C23H14Cl2N2O6. The summed E-state index contributed by atoms with van der Waals surface area (Å²) < 4.78 is 0. The number of benzene rings is 3. The number of aromatic hydroxyl groups is 1. The first-order valence-corrected chi connectivity index (χ1v) is 10.2. The molecule has 0 radical (unpaired) electrons. The lowest BCUT2D eigenvalue weighted by atomic mass is 9.95. The van der Waals surface area contributed by atoms with Gasteiger partial charge in [0, 0.05) is 28.4 Å². The van der Waals surface area contributed by atoms with Gasteiger partial charge in [-0.25, -0.2) is 0 Å². The van der Waals surface area contributed by atoms with Crippen LogP contribution < -0.4 is 4.90 Å². The number of phenols is 1. The number of non-ortho nitro benzene ring substituents is 1. The smallest absolute Gasteiger partial charge is 0.300 e. The molecule has 0 bridgehead atoms. The summed E-state index contributed by atoms with van der Waals surface area (Å²) in [6, 6.07) is 14.2. The summed E-state index contributed by atoms with van der Waals surface area (Å²) in [4.78, 5) is 37.8. The molecule has 166 valence electrons. The Morgan fingerprint density at radius 1 is 1.00 bits per heavy atom. The topological polar surface area (TPSA) is 121 Å². The summed E-state index contributed by atoms with van der Waals surface area (Å²) in [5.41, 5.74) is 0.0771. The van der Waals surface area contributed by atoms with Gasteiger partial charge in [0.05, 0.1) is 21.6 Å². The van der Waals surface area contributed by atoms with Gasteiger partial charge in [-0.1, -0.05) is 41.4 Å². The highest BCUT2D eigenvalue weighted by molar-refractivity contribution is 6.51. The quantitative estimate of drug-likeness (QED) is 0.172. The van der Waals surface area contributed by atoms with E-state index >= 15 is 0 Å². The lowest BCUT2D eigenvalue weighted by Crippen LogP contribution is -2.29. The van der Waals surface area contributed by atoms with E-state index in [0.717, 1.165) is 6.07 Å². The largest absolute Gasteiger partial charge is 0.507 e. The number of carbonyl (C=O) groups is 2. The molecule has 0 aliphatic carbocycles. The van der Waals surface area contributed by atoms with E-state index < -0.39 is 28.4 Å². The van der Waals surface area contributed by atoms with Crippen molar-refractivity contribution in [1.29, 1.82) is 0 Å². The molecule has 1 aliphatic rings. The molecule has 1 atom stereocenters. The van der Waals surface area contributed by atoms with E-state index in [1.807, 2.05) is 0 Å². The number of nitro groups is 1. The molecule has 3 aromatic rings. The van der Waals surface area contributed by atoms with Crippen LogP contribution in [-0.2, 0) is 9.59 Å². The molecule has 33 heavy (non-hydrogen) atoms. The van der Waals surface area contributed by atoms with Gasteiger partial charge in [0.2, 0.25) is 0 Å². The monoisotopic (exact) mass is 484 g/mol. The maximum Gasteiger partial charge on any atom is 0.300 e. The van der Waals surface area contributed by atoms with Gasteiger partial charge in [-0.15, -0.1) is 0 Å². The first-order valence-electron chi connectivity index (χ1n) is 9.49. The lowest BCUT2D eigenvalue weighted by Gasteiger charge is -2.25. The fraction of sp³-hybridized carbons (Fsp3) is 0.0435. The van der Waals surface area contributed by atoms with Gasteiger partial charge in [-0.2, -0.15) is 0 Å². The van der Waals surface area contributed by atoms with Crippen molar-refractivity contribution in [3.05, 3.63) is 104 Å². The molecule has 1 saturated heterocycles. The summed E-state index contributed by atoms with van der Waals surface area (Å²) in [5, 5.41) is 32.4. The number of aliphatic hydroxyl groups is 1. The van der Waals surface area contributed by atoms with Crippen LogP contribution in [0.3, 0.4) is 0 Å². The number of carbonyl (C=O) groups excluding carboxylic acids is 2. The zero-order chi connectivity index (χ0) is 23.9. The molecule has 1 aliphatic heterocycles. The first-order chi connectivity index (χ1) is 15.7. The maximum atomic E-state index is 13.1. The molecule has 8 nitrogen and oxygen atoms in total. The van der Waals surface area contributed by atoms with Gasteiger partial charge in [-0.05, 0) is 42.0 Å². The van der Waals surface area contributed by atoms with Crippen molar-refractivity contribution in [3.8, 4) is 5.75 Å². The average Bonchev–Trinajstić information content (AvgIpc) is 3.06. The number of ketones is 1. The highest BCUT2D eigenvalue weighted by atomic mass is 35.5. The van der Waals surface area contributed by atoms with Crippen molar-refractivity contribution in [2.45, 2.75) is 6.04 Å². The highest BCUT2D eigenvalue weighted by Gasteiger charge is 2.47. The van der Waals surface area contributed by atoms with Crippen molar-refractivity contribution < 1.29 is 24.7 Å². The molecule has 0 spiro atoms. The number of phenolic OH excluding ortho intramolecular Hbond substituents is 1. The van der Waals surface area contributed by atoms with Crippen LogP contribution in [0, 0.1) is 10.1 Å². The van der Waals surface area contributed by atoms with Crippen molar-refractivity contribution >= 4 is 52.0 Å². The number of halogens is 2. The molecule has 0 aromatic heterocycles. The Balaban J connectivity index is 1.96. The Hall–Kier alpha value is -3.88. The molecule has 0 saturated carbocycles. The Morgan fingerprint density at radius 3 is 2.33 bits per heavy atom. The maximum absolute atomic E-state index is 13.1. The molecule has 4 rings (SSSR count). The zero-order valence-corrected chi connectivity index (χ0v) is 18.1. The third kappa shape index (κ3) is 4.02. The number of aliphatic hydroxyl groups excluding tert-OH is 1. The number of Topliss-reactive ketones (excluding diaryl/α,β-unsaturated/α-hetero) is 1. The number of anilines is 1. The van der Waals surface area contributed by atoms with Crippen LogP contribution in [0.5, 0.6) is 5.75 Å². The van der Waals surface area contributed by atoms with Crippen LogP contribution in [0.2, 0.25) is 10.0 Å². The molecule has 1 amide bonds. The van der Waals surface area contributed by atoms with E-state index in [0.29, 0.717) is 16.3 Å². The fourth-order valence-corrected chi connectivity index (χ4v) is 3.95. The second kappa shape index (κ2) is 8.57. The number of amides is 1. The van der Waals surface area contributed by atoms with E-state index in [2.05, 4.69) is 0 Å². The number of nitrogens with zero attached hydrogens (tertiary/aromatic N) is 2. The Kier molecular flexibility index (Phi) is 5.80. The first kappa shape index (κ1) is 22.3. The van der Waals surface area contributed by atoms with Crippen LogP contribution in [0.25, 0.3) is 5.76 Å². The van der Waals surface area contributed by atoms with Crippen molar-refractivity contribution in [2.75, 3.05) is 4.90 Å². The molecule has 1 fully saturated rings. The summed E-state index contributed by atoms with van der Waals surface area (Å²) in [6.45, 7) is 0. The minimum atomic E-state index is -1.12. The number of rotatable bonds is 4. The second-order valence-corrected chi connectivity index (χ2v) is 8.01. The van der Waals surface area contributed by atoms with Crippen molar-refractivity contribution in [3.63, 3.8) is 0 Å². The summed E-state index contributed by atoms with van der Waals surface area (Å²) in [6.07, 6.45) is 0. The van der Waals surface area contributed by atoms with Crippen LogP contribution in [0.15, 0.2) is 72.3 Å². The lowest BCUT2D eigenvalue weighted by molar-refractivity contribution is -0.384. The van der Waals surface area contributed by atoms with E-state index in [4.69, 9.17) is 23.2 Å². The zero-order valence-electron chi connectivity index (χ0n) is 16.6. The van der Waals surface area contributed by atoms with E-state index in [9.17, 15) is 29.9 Å². The number of hydrogen-bond donors (Lipinski definition) is 2. The van der Waals surface area contributed by atoms with Gasteiger partial charge < -0.3 is 10.2 Å². The normalized spacial score (nSPS) is 17.4. The summed E-state index contributed by atoms with van der Waals surface area (Å²) in [7, 11) is 0. The minimum absolute atomic E-state index is 0.00631. The summed E-state index contributed by atoms with van der Waals surface area (Å²) >= 11 is 12.0. The van der Waals surface area contributed by atoms with Gasteiger partial charge >= 0.3 is 0 Å². The molecule has 1 unspecified atom stereocenters. The van der Waals surface area contributed by atoms with Crippen molar-refractivity contribution in [1.82, 2.24) is 0 Å². The Labute approximate surface area is 197 Å². The van der Waals surface area contributed by atoms with E-state index in [-0.39, 0.29) is 27.6 Å². The van der Waals surface area contributed by atoms with Gasteiger partial charge in [-0.3, -0.25) is 24.6 Å². The fourth-order valence-electron chi connectivity index (χ4n) is 3.63. The molecule has 2 N–H and O–H groups in total. The second-order valence-electron chi connectivity index (χ2n) is 7.16. The van der Waals surface area contributed by atoms with Crippen LogP contribution in [-0.4, -0.2) is 26.8 Å². The van der Waals surface area contributed by atoms with Crippen molar-refractivity contribution in [2.24, 2.45) is 0 Å². The third-order valence-corrected chi connectivity index (χ3v) is 5.72. The third-order valence-electron chi connectivity index (χ3n) is 5.17. The SMILES string of the molecule is O=C1C(=O)N(c2ccc(Cl)cc2)C(c2ccc(O)c(Cl)c2)/C1=C(/O)c1cccc([N+](=O)[O-])c1. The number of nitro benzene ring substituents is 1. The van der Waals surface area contributed by atoms with Gasteiger partial charge in [0.1, 0.15) is 11.5 Å². The van der Waals surface area contributed by atoms with E-state index in [1.54, 1.807) is 0 Å². The number of hydrogen-bond acceptors (Lipinski definition) is 6. The van der Waals surface area contributed by atoms with Crippen LogP contribution >= 0.6 is 23.2 Å². The molecule has 1 heterocycles. The van der Waals surface area contributed by atoms with E-state index in [1.165, 1.54) is 65.6 Å².